The van der Waals surface area contributed by atoms with Crippen molar-refractivity contribution in [2.75, 3.05) is 5.73 Å². The van der Waals surface area contributed by atoms with E-state index in [0.29, 0.717) is 5.82 Å². The Hall–Kier alpha value is -1.33. The van der Waals surface area contributed by atoms with Gasteiger partial charge in [-0.1, -0.05) is 0 Å². The molecule has 0 aliphatic carbocycles. The number of fused-ring (bicyclic) bond motifs is 1. The van der Waals surface area contributed by atoms with E-state index in [1.54, 1.807) is 11.3 Å². The molecular formula is C13H12BrN3S. The van der Waals surface area contributed by atoms with Crippen LogP contribution in [0.2, 0.25) is 0 Å². The van der Waals surface area contributed by atoms with E-state index in [1.165, 1.54) is 9.75 Å². The van der Waals surface area contributed by atoms with Crippen LogP contribution in [-0.2, 0) is 0 Å². The SMILES string of the molecule is Cc1cc(-c2nc3c(Br)cccn3c2N)c(C)s1. The van der Waals surface area contributed by atoms with Crippen LogP contribution in [0.3, 0.4) is 0 Å². The molecular weight excluding hydrogens is 310 g/mol. The van der Waals surface area contributed by atoms with Crippen molar-refractivity contribution >= 4 is 38.7 Å². The van der Waals surface area contributed by atoms with Gasteiger partial charge in [-0.2, -0.15) is 0 Å². The molecule has 18 heavy (non-hydrogen) atoms. The summed E-state index contributed by atoms with van der Waals surface area (Å²) >= 11 is 5.27. The fourth-order valence-electron chi connectivity index (χ4n) is 2.12. The van der Waals surface area contributed by atoms with Crippen LogP contribution in [0.4, 0.5) is 5.82 Å². The predicted octanol–water partition coefficient (Wildman–Crippen LogP) is 4.02. The fourth-order valence-corrected chi connectivity index (χ4v) is 3.47. The Balaban J connectivity index is 2.34. The summed E-state index contributed by atoms with van der Waals surface area (Å²) in [4.78, 5) is 7.18. The van der Waals surface area contributed by atoms with E-state index in [9.17, 15) is 0 Å². The van der Waals surface area contributed by atoms with Crippen molar-refractivity contribution < 1.29 is 0 Å². The molecule has 0 saturated heterocycles. The number of nitrogens with two attached hydrogens (primary N) is 1. The van der Waals surface area contributed by atoms with E-state index in [-0.39, 0.29) is 0 Å². The lowest BCUT2D eigenvalue weighted by atomic mass is 10.2. The second-order valence-corrected chi connectivity index (χ2v) is 6.54. The highest BCUT2D eigenvalue weighted by molar-refractivity contribution is 9.10. The number of thiophene rings is 1. The standard InChI is InChI=1S/C13H12BrN3S/c1-7-6-9(8(2)18-7)11-12(15)17-5-3-4-10(14)13(17)16-11/h3-6H,15H2,1-2H3. The van der Waals surface area contributed by atoms with Crippen molar-refractivity contribution in [3.8, 4) is 11.3 Å². The van der Waals surface area contributed by atoms with Crippen LogP contribution < -0.4 is 5.73 Å². The first-order valence-corrected chi connectivity index (χ1v) is 7.18. The molecule has 0 aromatic carbocycles. The second-order valence-electron chi connectivity index (χ2n) is 4.22. The van der Waals surface area contributed by atoms with E-state index >= 15 is 0 Å². The Bertz CT molecular complexity index is 742. The molecule has 0 saturated carbocycles. The number of pyridine rings is 1. The number of imidazole rings is 1. The number of aryl methyl sites for hydroxylation is 2. The van der Waals surface area contributed by atoms with Crippen LogP contribution in [0, 0.1) is 13.8 Å². The number of rotatable bonds is 1. The third-order valence-electron chi connectivity index (χ3n) is 2.94. The summed E-state index contributed by atoms with van der Waals surface area (Å²) < 4.78 is 2.86. The maximum absolute atomic E-state index is 6.20. The van der Waals surface area contributed by atoms with Crippen molar-refractivity contribution in [3.63, 3.8) is 0 Å². The molecule has 0 spiro atoms. The molecule has 0 aliphatic rings. The third-order valence-corrected chi connectivity index (χ3v) is 4.52. The number of hydrogen-bond acceptors (Lipinski definition) is 3. The van der Waals surface area contributed by atoms with Gasteiger partial charge in [0.25, 0.3) is 0 Å². The average molecular weight is 322 g/mol. The summed E-state index contributed by atoms with van der Waals surface area (Å²) in [6, 6.07) is 6.06. The van der Waals surface area contributed by atoms with Gasteiger partial charge in [-0.05, 0) is 48.0 Å². The Kier molecular flexibility index (Phi) is 2.68. The van der Waals surface area contributed by atoms with Gasteiger partial charge in [0.05, 0.1) is 4.47 Å². The van der Waals surface area contributed by atoms with Crippen LogP contribution in [0.5, 0.6) is 0 Å². The van der Waals surface area contributed by atoms with Crippen molar-refractivity contribution in [3.05, 3.63) is 38.6 Å². The number of hydrogen-bond donors (Lipinski definition) is 1. The lowest BCUT2D eigenvalue weighted by Crippen LogP contribution is -1.93. The zero-order chi connectivity index (χ0) is 12.9. The normalized spacial score (nSPS) is 11.3. The quantitative estimate of drug-likeness (QED) is 0.735. The maximum Gasteiger partial charge on any atom is 0.153 e. The molecule has 0 unspecified atom stereocenters. The Morgan fingerprint density at radius 1 is 1.39 bits per heavy atom. The van der Waals surface area contributed by atoms with Crippen molar-refractivity contribution in [1.29, 1.82) is 0 Å². The third kappa shape index (κ3) is 1.66. The molecule has 2 N–H and O–H groups in total. The van der Waals surface area contributed by atoms with Crippen molar-refractivity contribution in [1.82, 2.24) is 9.38 Å². The summed E-state index contributed by atoms with van der Waals surface area (Å²) in [5.74, 6) is 0.687. The molecule has 3 nitrogen and oxygen atoms in total. The van der Waals surface area contributed by atoms with Crippen molar-refractivity contribution in [2.24, 2.45) is 0 Å². The molecule has 0 atom stereocenters. The van der Waals surface area contributed by atoms with Crippen LogP contribution >= 0.6 is 27.3 Å². The Morgan fingerprint density at radius 3 is 2.78 bits per heavy atom. The highest BCUT2D eigenvalue weighted by Gasteiger charge is 2.16. The lowest BCUT2D eigenvalue weighted by Gasteiger charge is -1.98. The highest BCUT2D eigenvalue weighted by Crippen LogP contribution is 2.35. The van der Waals surface area contributed by atoms with Gasteiger partial charge < -0.3 is 5.73 Å². The summed E-state index contributed by atoms with van der Waals surface area (Å²) in [6.07, 6.45) is 1.93. The molecule has 0 radical (unpaired) electrons. The second kappa shape index (κ2) is 4.10. The predicted molar refractivity (Wildman–Crippen MR) is 80.1 cm³/mol. The fraction of sp³-hybridized carbons (Fsp3) is 0.154. The summed E-state index contributed by atoms with van der Waals surface area (Å²) in [7, 11) is 0. The van der Waals surface area contributed by atoms with E-state index in [1.807, 2.05) is 22.7 Å². The number of halogens is 1. The molecule has 3 aromatic rings. The van der Waals surface area contributed by atoms with Gasteiger partial charge in [-0.25, -0.2) is 4.98 Å². The van der Waals surface area contributed by atoms with Gasteiger partial charge in [0.15, 0.2) is 5.65 Å². The van der Waals surface area contributed by atoms with Crippen LogP contribution in [0.25, 0.3) is 16.9 Å². The molecule has 0 aliphatic heterocycles. The van der Waals surface area contributed by atoms with E-state index in [2.05, 4.69) is 40.8 Å². The summed E-state index contributed by atoms with van der Waals surface area (Å²) in [5.41, 5.74) is 9.05. The number of aromatic nitrogens is 2. The first kappa shape index (κ1) is 11.7. The molecule has 0 bridgehead atoms. The minimum atomic E-state index is 0.687. The zero-order valence-electron chi connectivity index (χ0n) is 10.1. The van der Waals surface area contributed by atoms with Gasteiger partial charge in [0.1, 0.15) is 11.5 Å². The lowest BCUT2D eigenvalue weighted by molar-refractivity contribution is 1.19. The molecule has 3 rings (SSSR count). The molecule has 3 heterocycles. The molecule has 0 fully saturated rings. The van der Waals surface area contributed by atoms with Crippen molar-refractivity contribution in [2.45, 2.75) is 13.8 Å². The molecule has 3 aromatic heterocycles. The molecule has 0 amide bonds. The zero-order valence-corrected chi connectivity index (χ0v) is 12.5. The maximum atomic E-state index is 6.20. The van der Waals surface area contributed by atoms with Gasteiger partial charge in [-0.15, -0.1) is 11.3 Å². The Labute approximate surface area is 117 Å². The molecule has 92 valence electrons. The van der Waals surface area contributed by atoms with Gasteiger partial charge in [-0.3, -0.25) is 4.40 Å². The van der Waals surface area contributed by atoms with Crippen LogP contribution in [-0.4, -0.2) is 9.38 Å². The summed E-state index contributed by atoms with van der Waals surface area (Å²) in [5, 5.41) is 0. The van der Waals surface area contributed by atoms with E-state index < -0.39 is 0 Å². The highest BCUT2D eigenvalue weighted by atomic mass is 79.9. The number of nitrogen functional groups attached to an aromatic ring is 1. The first-order chi connectivity index (χ1) is 8.58. The first-order valence-electron chi connectivity index (χ1n) is 5.57. The van der Waals surface area contributed by atoms with Gasteiger partial charge in [0, 0.05) is 21.5 Å². The number of nitrogens with zero attached hydrogens (tertiary/aromatic N) is 2. The van der Waals surface area contributed by atoms with E-state index in [4.69, 9.17) is 5.73 Å². The number of anilines is 1. The van der Waals surface area contributed by atoms with Crippen LogP contribution in [0.15, 0.2) is 28.9 Å². The Morgan fingerprint density at radius 2 is 2.17 bits per heavy atom. The smallest absolute Gasteiger partial charge is 0.153 e. The monoisotopic (exact) mass is 321 g/mol. The largest absolute Gasteiger partial charge is 0.383 e. The van der Waals surface area contributed by atoms with Gasteiger partial charge in [0.2, 0.25) is 0 Å². The van der Waals surface area contributed by atoms with Crippen LogP contribution in [0.1, 0.15) is 9.75 Å². The van der Waals surface area contributed by atoms with E-state index in [0.717, 1.165) is 21.4 Å². The molecule has 5 heteroatoms. The van der Waals surface area contributed by atoms with Gasteiger partial charge >= 0.3 is 0 Å². The average Bonchev–Trinajstić information content (AvgIpc) is 2.81. The minimum Gasteiger partial charge on any atom is -0.383 e. The topological polar surface area (TPSA) is 43.3 Å². The minimum absolute atomic E-state index is 0.687. The summed E-state index contributed by atoms with van der Waals surface area (Å²) in [6.45, 7) is 4.20.